The highest BCUT2D eigenvalue weighted by Crippen LogP contribution is 2.31. The third-order valence-electron chi connectivity index (χ3n) is 4.14. The van der Waals surface area contributed by atoms with Crippen molar-refractivity contribution >= 4 is 0 Å². The van der Waals surface area contributed by atoms with Crippen LogP contribution in [0.25, 0.3) is 0 Å². The molecule has 1 aromatic carbocycles. The van der Waals surface area contributed by atoms with Crippen molar-refractivity contribution in [2.45, 2.75) is 51.7 Å². The van der Waals surface area contributed by atoms with Gasteiger partial charge in [0.25, 0.3) is 0 Å². The second-order valence-electron chi connectivity index (χ2n) is 5.46. The molecule has 1 aliphatic carbocycles. The van der Waals surface area contributed by atoms with Crippen LogP contribution in [-0.2, 0) is 0 Å². The van der Waals surface area contributed by atoms with E-state index >= 15 is 0 Å². The number of halogens is 2. The second kappa shape index (κ2) is 7.02. The van der Waals surface area contributed by atoms with E-state index in [1.54, 1.807) is 0 Å². The van der Waals surface area contributed by atoms with Crippen LogP contribution in [0.3, 0.4) is 0 Å². The van der Waals surface area contributed by atoms with Crippen molar-refractivity contribution in [3.8, 4) is 5.75 Å². The summed E-state index contributed by atoms with van der Waals surface area (Å²) in [5.41, 5.74) is 0. The molecule has 3 unspecified atom stereocenters. The summed E-state index contributed by atoms with van der Waals surface area (Å²) < 4.78 is 32.8. The van der Waals surface area contributed by atoms with Crippen LogP contribution in [0.15, 0.2) is 18.2 Å². The molecular formula is C16H23F2NO. The van der Waals surface area contributed by atoms with Crippen molar-refractivity contribution < 1.29 is 13.5 Å². The first kappa shape index (κ1) is 15.2. The van der Waals surface area contributed by atoms with Gasteiger partial charge in [0, 0.05) is 6.04 Å². The summed E-state index contributed by atoms with van der Waals surface area (Å²) in [6.45, 7) is 5.07. The minimum Gasteiger partial charge on any atom is -0.486 e. The van der Waals surface area contributed by atoms with E-state index in [0.717, 1.165) is 31.9 Å². The van der Waals surface area contributed by atoms with Crippen LogP contribution in [-0.4, -0.2) is 18.7 Å². The summed E-state index contributed by atoms with van der Waals surface area (Å²) in [5, 5.41) is 3.39. The SMILES string of the molecule is CCNC1CCC(CC)CC1Oc1cccc(F)c1F. The molecule has 0 aromatic heterocycles. The van der Waals surface area contributed by atoms with E-state index in [1.165, 1.54) is 18.6 Å². The van der Waals surface area contributed by atoms with Crippen molar-refractivity contribution in [3.05, 3.63) is 29.8 Å². The molecule has 3 atom stereocenters. The molecule has 0 spiro atoms. The van der Waals surface area contributed by atoms with Crippen LogP contribution in [0.4, 0.5) is 8.78 Å². The summed E-state index contributed by atoms with van der Waals surface area (Å²) in [4.78, 5) is 0. The van der Waals surface area contributed by atoms with Crippen LogP contribution in [0.1, 0.15) is 39.5 Å². The Morgan fingerprint density at radius 2 is 2.05 bits per heavy atom. The quantitative estimate of drug-likeness (QED) is 0.885. The maximum Gasteiger partial charge on any atom is 0.200 e. The van der Waals surface area contributed by atoms with Crippen molar-refractivity contribution in [3.63, 3.8) is 0 Å². The van der Waals surface area contributed by atoms with Gasteiger partial charge in [-0.05, 0) is 43.9 Å². The zero-order chi connectivity index (χ0) is 14.5. The summed E-state index contributed by atoms with van der Waals surface area (Å²) in [5.74, 6) is -1.12. The molecule has 0 saturated heterocycles. The summed E-state index contributed by atoms with van der Waals surface area (Å²) in [6.07, 6.45) is 4.09. The molecule has 1 fully saturated rings. The zero-order valence-corrected chi connectivity index (χ0v) is 12.2. The Morgan fingerprint density at radius 1 is 1.25 bits per heavy atom. The highest BCUT2D eigenvalue weighted by molar-refractivity contribution is 5.25. The first-order chi connectivity index (χ1) is 9.65. The molecule has 0 heterocycles. The summed E-state index contributed by atoms with van der Waals surface area (Å²) >= 11 is 0. The molecule has 2 rings (SSSR count). The Kier molecular flexibility index (Phi) is 5.35. The Labute approximate surface area is 119 Å². The fourth-order valence-electron chi connectivity index (χ4n) is 2.95. The molecule has 0 aliphatic heterocycles. The molecule has 112 valence electrons. The topological polar surface area (TPSA) is 21.3 Å². The van der Waals surface area contributed by atoms with E-state index in [4.69, 9.17) is 4.74 Å². The molecule has 1 aliphatic rings. The van der Waals surface area contributed by atoms with Gasteiger partial charge in [0.1, 0.15) is 6.10 Å². The average molecular weight is 283 g/mol. The van der Waals surface area contributed by atoms with E-state index in [9.17, 15) is 8.78 Å². The Morgan fingerprint density at radius 3 is 2.75 bits per heavy atom. The molecular weight excluding hydrogens is 260 g/mol. The minimum atomic E-state index is -0.888. The van der Waals surface area contributed by atoms with E-state index < -0.39 is 11.6 Å². The predicted molar refractivity (Wildman–Crippen MR) is 75.9 cm³/mol. The number of likely N-dealkylation sites (N-methyl/N-ethyl adjacent to an activating group) is 1. The number of nitrogens with one attached hydrogen (secondary N) is 1. The molecule has 0 bridgehead atoms. The summed E-state index contributed by atoms with van der Waals surface area (Å²) in [6, 6.07) is 4.30. The van der Waals surface area contributed by atoms with Gasteiger partial charge in [0.05, 0.1) is 0 Å². The molecule has 2 nitrogen and oxygen atoms in total. The number of rotatable bonds is 5. The highest BCUT2D eigenvalue weighted by atomic mass is 19.2. The lowest BCUT2D eigenvalue weighted by molar-refractivity contribution is 0.0813. The normalized spacial score (nSPS) is 26.5. The Hall–Kier alpha value is -1.16. The maximum absolute atomic E-state index is 13.7. The lowest BCUT2D eigenvalue weighted by atomic mass is 9.82. The Balaban J connectivity index is 2.12. The number of ether oxygens (including phenoxy) is 1. The highest BCUT2D eigenvalue weighted by Gasteiger charge is 2.31. The smallest absolute Gasteiger partial charge is 0.200 e. The standard InChI is InChI=1S/C16H23F2NO/c1-3-11-8-9-13(19-4-2)15(10-11)20-14-7-5-6-12(17)16(14)18/h5-7,11,13,15,19H,3-4,8-10H2,1-2H3. The largest absolute Gasteiger partial charge is 0.486 e. The average Bonchev–Trinajstić information content (AvgIpc) is 2.46. The molecule has 1 aromatic rings. The summed E-state index contributed by atoms with van der Waals surface area (Å²) in [7, 11) is 0. The van der Waals surface area contributed by atoms with Gasteiger partial charge in [-0.3, -0.25) is 0 Å². The van der Waals surface area contributed by atoms with Crippen molar-refractivity contribution in [1.82, 2.24) is 5.32 Å². The van der Waals surface area contributed by atoms with Gasteiger partial charge in [-0.2, -0.15) is 4.39 Å². The van der Waals surface area contributed by atoms with Crippen LogP contribution in [0.5, 0.6) is 5.75 Å². The lowest BCUT2D eigenvalue weighted by Gasteiger charge is -2.36. The number of benzene rings is 1. The second-order valence-corrected chi connectivity index (χ2v) is 5.46. The molecule has 1 N–H and O–H groups in total. The van der Waals surface area contributed by atoms with Crippen LogP contribution < -0.4 is 10.1 Å². The van der Waals surface area contributed by atoms with Crippen molar-refractivity contribution in [2.75, 3.05) is 6.54 Å². The van der Waals surface area contributed by atoms with E-state index in [0.29, 0.717) is 5.92 Å². The zero-order valence-electron chi connectivity index (χ0n) is 12.2. The minimum absolute atomic E-state index is 0.0228. The van der Waals surface area contributed by atoms with E-state index in [2.05, 4.69) is 12.2 Å². The molecule has 0 amide bonds. The fraction of sp³-hybridized carbons (Fsp3) is 0.625. The van der Waals surface area contributed by atoms with Crippen molar-refractivity contribution in [1.29, 1.82) is 0 Å². The monoisotopic (exact) mass is 283 g/mol. The van der Waals surface area contributed by atoms with Gasteiger partial charge in [-0.15, -0.1) is 0 Å². The van der Waals surface area contributed by atoms with Gasteiger partial charge in [0.15, 0.2) is 11.6 Å². The fourth-order valence-corrected chi connectivity index (χ4v) is 2.95. The van der Waals surface area contributed by atoms with Crippen LogP contribution in [0.2, 0.25) is 0 Å². The molecule has 1 saturated carbocycles. The molecule has 20 heavy (non-hydrogen) atoms. The third kappa shape index (κ3) is 3.48. The molecule has 0 radical (unpaired) electrons. The van der Waals surface area contributed by atoms with Gasteiger partial charge < -0.3 is 10.1 Å². The van der Waals surface area contributed by atoms with Gasteiger partial charge in [-0.1, -0.05) is 26.3 Å². The number of hydrogen-bond acceptors (Lipinski definition) is 2. The first-order valence-electron chi connectivity index (χ1n) is 7.49. The lowest BCUT2D eigenvalue weighted by Crippen LogP contribution is -2.47. The van der Waals surface area contributed by atoms with Gasteiger partial charge in [0.2, 0.25) is 5.82 Å². The van der Waals surface area contributed by atoms with Gasteiger partial charge >= 0.3 is 0 Å². The van der Waals surface area contributed by atoms with Crippen LogP contribution in [0, 0.1) is 17.6 Å². The number of hydrogen-bond donors (Lipinski definition) is 1. The predicted octanol–water partition coefficient (Wildman–Crippen LogP) is 3.90. The maximum atomic E-state index is 13.7. The third-order valence-corrected chi connectivity index (χ3v) is 4.14. The van der Waals surface area contributed by atoms with E-state index in [1.807, 2.05) is 6.92 Å². The van der Waals surface area contributed by atoms with Crippen LogP contribution >= 0.6 is 0 Å². The van der Waals surface area contributed by atoms with Crippen molar-refractivity contribution in [2.24, 2.45) is 5.92 Å². The van der Waals surface area contributed by atoms with Gasteiger partial charge in [-0.25, -0.2) is 4.39 Å². The Bertz CT molecular complexity index is 438. The first-order valence-corrected chi connectivity index (χ1v) is 7.49. The molecule has 4 heteroatoms. The van der Waals surface area contributed by atoms with E-state index in [-0.39, 0.29) is 17.9 Å².